The molecule has 4 rings (SSSR count). The summed E-state index contributed by atoms with van der Waals surface area (Å²) >= 11 is 11.4. The average molecular weight is 438 g/mol. The Balaban J connectivity index is 1.82. The van der Waals surface area contributed by atoms with Gasteiger partial charge in [0.2, 0.25) is 0 Å². The van der Waals surface area contributed by atoms with Gasteiger partial charge < -0.3 is 20.7 Å². The van der Waals surface area contributed by atoms with Crippen LogP contribution in [0.2, 0.25) is 5.02 Å². The number of allylic oxidation sites excluding steroid dienone is 1. The number of carbonyl (C=O) groups is 1. The van der Waals surface area contributed by atoms with Gasteiger partial charge in [0.1, 0.15) is 5.75 Å². The number of thiocarbonyl (C=S) groups is 1. The summed E-state index contributed by atoms with van der Waals surface area (Å²) in [4.78, 5) is 13.3. The van der Waals surface area contributed by atoms with Gasteiger partial charge in [-0.1, -0.05) is 41.9 Å². The summed E-state index contributed by atoms with van der Waals surface area (Å²) in [5, 5.41) is 12.4. The number of amides is 1. The fraction of sp³-hybridized carbons (Fsp3) is 0.130. The summed E-state index contributed by atoms with van der Waals surface area (Å²) in [7, 11) is 1.62. The maximum absolute atomic E-state index is 13.3. The maximum atomic E-state index is 13.3. The van der Waals surface area contributed by atoms with Gasteiger partial charge in [0, 0.05) is 22.0 Å². The van der Waals surface area contributed by atoms with E-state index in [4.69, 9.17) is 28.6 Å². The lowest BCUT2D eigenvalue weighted by Gasteiger charge is -2.32. The number of rotatable bonds is 4. The molecule has 0 saturated carbocycles. The summed E-state index contributed by atoms with van der Waals surface area (Å²) in [6, 6.07) is 18.4. The minimum Gasteiger partial charge on any atom is -0.496 e. The van der Waals surface area contributed by atoms with Gasteiger partial charge >= 0.3 is 0 Å². The molecule has 5 nitrogen and oxygen atoms in total. The maximum Gasteiger partial charge on any atom is 0.255 e. The molecule has 0 aromatic heterocycles. The number of carbonyl (C=O) groups excluding carboxylic acids is 1. The Morgan fingerprint density at radius 2 is 1.83 bits per heavy atom. The van der Waals surface area contributed by atoms with Crippen molar-refractivity contribution in [2.24, 2.45) is 0 Å². The lowest BCUT2D eigenvalue weighted by atomic mass is 9.90. The molecule has 152 valence electrons. The SMILES string of the molecule is COc1ccc2ccccc2c1[C@H]1NC(=S)NC(C)=C1C(=O)Nc1ccc(Cl)cc1. The van der Waals surface area contributed by atoms with Crippen LogP contribution in [0.25, 0.3) is 10.8 Å². The van der Waals surface area contributed by atoms with Crippen molar-refractivity contribution in [3.63, 3.8) is 0 Å². The first-order chi connectivity index (χ1) is 14.5. The quantitative estimate of drug-likeness (QED) is 0.505. The summed E-state index contributed by atoms with van der Waals surface area (Å²) in [6.07, 6.45) is 0. The van der Waals surface area contributed by atoms with Crippen LogP contribution in [-0.4, -0.2) is 18.1 Å². The zero-order valence-corrected chi connectivity index (χ0v) is 18.0. The molecule has 1 amide bonds. The second-order valence-electron chi connectivity index (χ2n) is 6.93. The molecule has 1 atom stereocenters. The first-order valence-electron chi connectivity index (χ1n) is 9.39. The summed E-state index contributed by atoms with van der Waals surface area (Å²) in [5.41, 5.74) is 2.74. The number of nitrogens with one attached hydrogen (secondary N) is 3. The molecule has 0 unspecified atom stereocenters. The van der Waals surface area contributed by atoms with Crippen LogP contribution in [-0.2, 0) is 4.79 Å². The normalized spacial score (nSPS) is 16.1. The molecule has 30 heavy (non-hydrogen) atoms. The minimum absolute atomic E-state index is 0.239. The van der Waals surface area contributed by atoms with E-state index in [1.54, 1.807) is 31.4 Å². The molecule has 7 heteroatoms. The molecule has 0 fully saturated rings. The fourth-order valence-electron chi connectivity index (χ4n) is 3.69. The van der Waals surface area contributed by atoms with Crippen LogP contribution >= 0.6 is 23.8 Å². The number of hydrogen-bond acceptors (Lipinski definition) is 3. The van der Waals surface area contributed by atoms with E-state index in [1.807, 2.05) is 43.3 Å². The predicted molar refractivity (Wildman–Crippen MR) is 125 cm³/mol. The van der Waals surface area contributed by atoms with Crippen molar-refractivity contribution in [2.75, 3.05) is 12.4 Å². The topological polar surface area (TPSA) is 62.4 Å². The molecule has 0 saturated heterocycles. The highest BCUT2D eigenvalue weighted by molar-refractivity contribution is 7.80. The first kappa shape index (κ1) is 20.2. The lowest BCUT2D eigenvalue weighted by molar-refractivity contribution is -0.113. The Kier molecular flexibility index (Phi) is 5.61. The van der Waals surface area contributed by atoms with Crippen molar-refractivity contribution in [1.29, 1.82) is 0 Å². The third-order valence-corrected chi connectivity index (χ3v) is 5.53. The molecule has 3 N–H and O–H groups in total. The van der Waals surface area contributed by atoms with E-state index in [0.717, 1.165) is 16.3 Å². The number of hydrogen-bond donors (Lipinski definition) is 3. The standard InChI is InChI=1S/C23H20ClN3O2S/c1-13-19(22(28)26-16-10-8-15(24)9-11-16)21(27-23(30)25-13)20-17-6-4-3-5-14(17)7-12-18(20)29-2/h3-12,21H,1-2H3,(H,26,28)(H2,25,27,30)/t21-/m0/s1. The van der Waals surface area contributed by atoms with E-state index in [0.29, 0.717) is 32.8 Å². The highest BCUT2D eigenvalue weighted by Crippen LogP contribution is 2.38. The average Bonchev–Trinajstić information content (AvgIpc) is 2.73. The van der Waals surface area contributed by atoms with Gasteiger partial charge in [-0.2, -0.15) is 0 Å². The van der Waals surface area contributed by atoms with Gasteiger partial charge in [0.25, 0.3) is 5.91 Å². The van der Waals surface area contributed by atoms with E-state index in [2.05, 4.69) is 16.0 Å². The van der Waals surface area contributed by atoms with Gasteiger partial charge in [-0.15, -0.1) is 0 Å². The minimum atomic E-state index is -0.480. The van der Waals surface area contributed by atoms with Gasteiger partial charge in [0.15, 0.2) is 5.11 Å². The van der Waals surface area contributed by atoms with Gasteiger partial charge in [-0.3, -0.25) is 4.79 Å². The Labute approximate surface area is 185 Å². The molecular weight excluding hydrogens is 418 g/mol. The van der Waals surface area contributed by atoms with Crippen LogP contribution < -0.4 is 20.7 Å². The zero-order valence-electron chi connectivity index (χ0n) is 16.5. The second-order valence-corrected chi connectivity index (χ2v) is 7.78. The Hall–Kier alpha value is -3.09. The monoisotopic (exact) mass is 437 g/mol. The molecule has 0 radical (unpaired) electrons. The molecule has 0 spiro atoms. The predicted octanol–water partition coefficient (Wildman–Crippen LogP) is 4.93. The molecule has 0 aliphatic carbocycles. The molecule has 0 bridgehead atoms. The zero-order chi connectivity index (χ0) is 21.3. The van der Waals surface area contributed by atoms with Crippen LogP contribution in [0.5, 0.6) is 5.75 Å². The molecule has 1 aliphatic heterocycles. The summed E-state index contributed by atoms with van der Waals surface area (Å²) < 4.78 is 5.66. The van der Waals surface area contributed by atoms with Crippen LogP contribution in [0.4, 0.5) is 5.69 Å². The molecule has 3 aromatic rings. The van der Waals surface area contributed by atoms with Crippen molar-refractivity contribution in [1.82, 2.24) is 10.6 Å². The Bertz CT molecular complexity index is 1170. The summed E-state index contributed by atoms with van der Waals surface area (Å²) in [5.74, 6) is 0.442. The Morgan fingerprint density at radius 1 is 1.10 bits per heavy atom. The first-order valence-corrected chi connectivity index (χ1v) is 10.2. The highest BCUT2D eigenvalue weighted by Gasteiger charge is 2.33. The van der Waals surface area contributed by atoms with Crippen molar-refractivity contribution in [3.8, 4) is 5.75 Å². The second kappa shape index (κ2) is 8.34. The smallest absolute Gasteiger partial charge is 0.255 e. The van der Waals surface area contributed by atoms with Crippen LogP contribution in [0.15, 0.2) is 71.9 Å². The molecular formula is C23H20ClN3O2S. The van der Waals surface area contributed by atoms with E-state index >= 15 is 0 Å². The largest absolute Gasteiger partial charge is 0.496 e. The molecule has 1 heterocycles. The highest BCUT2D eigenvalue weighted by atomic mass is 35.5. The molecule has 3 aromatic carbocycles. The van der Waals surface area contributed by atoms with Crippen molar-refractivity contribution >= 4 is 51.3 Å². The Morgan fingerprint density at radius 3 is 2.57 bits per heavy atom. The summed E-state index contributed by atoms with van der Waals surface area (Å²) in [6.45, 7) is 1.84. The van der Waals surface area contributed by atoms with Gasteiger partial charge in [0.05, 0.1) is 18.7 Å². The van der Waals surface area contributed by atoms with Crippen molar-refractivity contribution < 1.29 is 9.53 Å². The van der Waals surface area contributed by atoms with E-state index < -0.39 is 6.04 Å². The van der Waals surface area contributed by atoms with Crippen molar-refractivity contribution in [3.05, 3.63) is 82.5 Å². The number of ether oxygens (including phenoxy) is 1. The van der Waals surface area contributed by atoms with Crippen LogP contribution in [0, 0.1) is 0 Å². The number of benzene rings is 3. The van der Waals surface area contributed by atoms with Gasteiger partial charge in [-0.25, -0.2) is 0 Å². The van der Waals surface area contributed by atoms with Gasteiger partial charge in [-0.05, 0) is 60.2 Å². The number of halogens is 1. The van der Waals surface area contributed by atoms with E-state index in [9.17, 15) is 4.79 Å². The molecule has 1 aliphatic rings. The number of methoxy groups -OCH3 is 1. The third kappa shape index (κ3) is 3.84. The van der Waals surface area contributed by atoms with E-state index in [-0.39, 0.29) is 5.91 Å². The third-order valence-electron chi connectivity index (χ3n) is 5.06. The van der Waals surface area contributed by atoms with Crippen molar-refractivity contribution in [2.45, 2.75) is 13.0 Å². The lowest BCUT2D eigenvalue weighted by Crippen LogP contribution is -2.46. The number of anilines is 1. The number of fused-ring (bicyclic) bond motifs is 1. The van der Waals surface area contributed by atoms with Crippen LogP contribution in [0.3, 0.4) is 0 Å². The fourth-order valence-corrected chi connectivity index (χ4v) is 4.09. The van der Waals surface area contributed by atoms with E-state index in [1.165, 1.54) is 0 Å². The van der Waals surface area contributed by atoms with Crippen LogP contribution in [0.1, 0.15) is 18.5 Å².